The standard InChI is InChI=1S/C36H28NP/c1-5-15-29(16-6-1)27-36(32-26-25-30-17-13-14-18-31(30)28-32)37-38(33-19-7-2-8-20-33,34-21-9-3-10-22-34)35-23-11-4-12-24-35/h1-28H/b36-27+. The molecule has 6 rings (SSSR count). The number of rotatable bonds is 6. The van der Waals surface area contributed by atoms with Gasteiger partial charge in [-0.05, 0) is 28.5 Å². The molecule has 0 aromatic heterocycles. The molecule has 182 valence electrons. The maximum atomic E-state index is 5.86. The molecule has 1 nitrogen and oxygen atoms in total. The van der Waals surface area contributed by atoms with Crippen molar-refractivity contribution < 1.29 is 0 Å². The predicted molar refractivity (Wildman–Crippen MR) is 166 cm³/mol. The maximum absolute atomic E-state index is 5.86. The molecule has 0 unspecified atom stereocenters. The molecular weight excluding hydrogens is 477 g/mol. The van der Waals surface area contributed by atoms with Crippen molar-refractivity contribution in [1.29, 1.82) is 0 Å². The van der Waals surface area contributed by atoms with Crippen LogP contribution in [0.3, 0.4) is 0 Å². The van der Waals surface area contributed by atoms with Crippen LogP contribution >= 0.6 is 7.05 Å². The molecule has 6 aromatic rings. The molecule has 0 atom stereocenters. The van der Waals surface area contributed by atoms with E-state index in [9.17, 15) is 0 Å². The molecule has 0 N–H and O–H groups in total. The van der Waals surface area contributed by atoms with Gasteiger partial charge in [0.05, 0.1) is 12.8 Å². The lowest BCUT2D eigenvalue weighted by molar-refractivity contribution is 1.55. The van der Waals surface area contributed by atoms with Crippen LogP contribution < -0.4 is 15.9 Å². The van der Waals surface area contributed by atoms with Gasteiger partial charge in [-0.2, -0.15) is 0 Å². The van der Waals surface area contributed by atoms with Gasteiger partial charge in [-0.25, -0.2) is 0 Å². The van der Waals surface area contributed by atoms with Crippen molar-refractivity contribution in [3.8, 4) is 0 Å². The van der Waals surface area contributed by atoms with Crippen LogP contribution in [-0.4, -0.2) is 0 Å². The Kier molecular flexibility index (Phi) is 6.85. The molecule has 0 spiro atoms. The largest absolute Gasteiger partial charge is 0.253 e. The van der Waals surface area contributed by atoms with E-state index in [1.807, 2.05) is 0 Å². The number of hydrogen-bond donors (Lipinski definition) is 0. The third-order valence-corrected chi connectivity index (χ3v) is 10.4. The number of hydrogen-bond acceptors (Lipinski definition) is 1. The second-order valence-electron chi connectivity index (χ2n) is 9.24. The molecule has 2 heteroatoms. The van der Waals surface area contributed by atoms with Crippen LogP contribution in [0.4, 0.5) is 0 Å². The van der Waals surface area contributed by atoms with E-state index in [4.69, 9.17) is 4.74 Å². The van der Waals surface area contributed by atoms with Crippen LogP contribution in [0.5, 0.6) is 0 Å². The van der Waals surface area contributed by atoms with Crippen molar-refractivity contribution >= 4 is 45.5 Å². The quantitative estimate of drug-likeness (QED) is 0.159. The summed E-state index contributed by atoms with van der Waals surface area (Å²) in [6, 6.07) is 58.1. The van der Waals surface area contributed by atoms with Gasteiger partial charge in [-0.3, -0.25) is 4.74 Å². The number of fused-ring (bicyclic) bond motifs is 1. The third kappa shape index (κ3) is 4.77. The monoisotopic (exact) mass is 505 g/mol. The zero-order chi connectivity index (χ0) is 25.6. The fraction of sp³-hybridized carbons (Fsp3) is 0. The second kappa shape index (κ2) is 10.9. The van der Waals surface area contributed by atoms with Crippen molar-refractivity contribution in [3.05, 3.63) is 175 Å². The minimum absolute atomic E-state index is 0.979. The average molecular weight is 506 g/mol. The van der Waals surface area contributed by atoms with E-state index in [2.05, 4.69) is 170 Å². The van der Waals surface area contributed by atoms with Gasteiger partial charge in [0.15, 0.2) is 0 Å². The Morgan fingerprint density at radius 1 is 0.447 bits per heavy atom. The van der Waals surface area contributed by atoms with Gasteiger partial charge in [0.2, 0.25) is 0 Å². The lowest BCUT2D eigenvalue weighted by Crippen LogP contribution is -2.25. The minimum atomic E-state index is -2.42. The van der Waals surface area contributed by atoms with Crippen molar-refractivity contribution in [2.75, 3.05) is 0 Å². The van der Waals surface area contributed by atoms with Crippen LogP contribution in [0.2, 0.25) is 0 Å². The van der Waals surface area contributed by atoms with Crippen LogP contribution in [0.15, 0.2) is 169 Å². The molecule has 38 heavy (non-hydrogen) atoms. The molecular formula is C36H28NP. The van der Waals surface area contributed by atoms with E-state index in [0.717, 1.165) is 16.8 Å². The smallest absolute Gasteiger partial charge is 0.0703 e. The first-order chi connectivity index (χ1) is 18.8. The summed E-state index contributed by atoms with van der Waals surface area (Å²) in [5.41, 5.74) is 3.22. The summed E-state index contributed by atoms with van der Waals surface area (Å²) < 4.78 is 5.86. The van der Waals surface area contributed by atoms with E-state index >= 15 is 0 Å². The summed E-state index contributed by atoms with van der Waals surface area (Å²) in [4.78, 5) is 0. The van der Waals surface area contributed by atoms with Crippen LogP contribution in [0, 0.1) is 0 Å². The summed E-state index contributed by atoms with van der Waals surface area (Å²) in [7, 11) is -2.42. The Hall–Kier alpha value is -4.45. The van der Waals surface area contributed by atoms with Gasteiger partial charge in [0.1, 0.15) is 0 Å². The Bertz CT molecular complexity index is 1640. The normalized spacial score (nSPS) is 11.8. The molecule has 0 saturated carbocycles. The van der Waals surface area contributed by atoms with Crippen LogP contribution in [-0.2, 0) is 0 Å². The molecule has 0 aliphatic carbocycles. The molecule has 0 amide bonds. The maximum Gasteiger partial charge on any atom is 0.0703 e. The first kappa shape index (κ1) is 23.9. The average Bonchev–Trinajstić information content (AvgIpc) is 3.01. The highest BCUT2D eigenvalue weighted by Crippen LogP contribution is 2.49. The summed E-state index contributed by atoms with van der Waals surface area (Å²) in [6.45, 7) is 0. The van der Waals surface area contributed by atoms with Gasteiger partial charge in [-0.1, -0.05) is 158 Å². The Morgan fingerprint density at radius 2 is 0.895 bits per heavy atom. The highest BCUT2D eigenvalue weighted by atomic mass is 31.2. The molecule has 6 aromatic carbocycles. The molecule has 0 bridgehead atoms. The second-order valence-corrected chi connectivity index (χ2v) is 12.3. The van der Waals surface area contributed by atoms with Crippen LogP contribution in [0.1, 0.15) is 11.1 Å². The lowest BCUT2D eigenvalue weighted by atomic mass is 10.0. The fourth-order valence-electron chi connectivity index (χ4n) is 4.94. The summed E-state index contributed by atoms with van der Waals surface area (Å²) in [5.74, 6) is 0. The van der Waals surface area contributed by atoms with Gasteiger partial charge in [0, 0.05) is 21.5 Å². The van der Waals surface area contributed by atoms with Gasteiger partial charge >= 0.3 is 0 Å². The van der Waals surface area contributed by atoms with Crippen LogP contribution in [0.25, 0.3) is 22.5 Å². The first-order valence-corrected chi connectivity index (χ1v) is 14.6. The van der Waals surface area contributed by atoms with E-state index in [1.54, 1.807) is 0 Å². The zero-order valence-corrected chi connectivity index (χ0v) is 22.0. The van der Waals surface area contributed by atoms with Crippen molar-refractivity contribution in [2.45, 2.75) is 0 Å². The molecule has 0 heterocycles. The Labute approximate surface area is 224 Å². The highest BCUT2D eigenvalue weighted by Gasteiger charge is 2.28. The number of benzene rings is 6. The molecule has 0 radical (unpaired) electrons. The van der Waals surface area contributed by atoms with Gasteiger partial charge in [-0.15, -0.1) is 0 Å². The van der Waals surface area contributed by atoms with Gasteiger partial charge in [0.25, 0.3) is 0 Å². The molecule has 0 aliphatic rings. The van der Waals surface area contributed by atoms with E-state index in [-0.39, 0.29) is 0 Å². The van der Waals surface area contributed by atoms with E-state index < -0.39 is 7.05 Å². The molecule has 0 saturated heterocycles. The van der Waals surface area contributed by atoms with E-state index in [0.29, 0.717) is 0 Å². The highest BCUT2D eigenvalue weighted by molar-refractivity contribution is 7.87. The number of nitrogens with zero attached hydrogens (tertiary/aromatic N) is 1. The zero-order valence-electron chi connectivity index (χ0n) is 21.1. The first-order valence-electron chi connectivity index (χ1n) is 12.9. The Balaban J connectivity index is 1.73. The van der Waals surface area contributed by atoms with Crippen molar-refractivity contribution in [1.82, 2.24) is 0 Å². The molecule has 0 fully saturated rings. The Morgan fingerprint density at radius 3 is 1.42 bits per heavy atom. The van der Waals surface area contributed by atoms with Crippen molar-refractivity contribution in [3.63, 3.8) is 0 Å². The molecule has 0 aliphatic heterocycles. The summed E-state index contributed by atoms with van der Waals surface area (Å²) in [5, 5.41) is 6.14. The van der Waals surface area contributed by atoms with E-state index in [1.165, 1.54) is 26.7 Å². The lowest BCUT2D eigenvalue weighted by Gasteiger charge is -2.27. The third-order valence-electron chi connectivity index (χ3n) is 6.80. The topological polar surface area (TPSA) is 12.4 Å². The fourth-order valence-corrected chi connectivity index (χ4v) is 8.49. The minimum Gasteiger partial charge on any atom is -0.253 e. The summed E-state index contributed by atoms with van der Waals surface area (Å²) in [6.07, 6.45) is 2.23. The summed E-state index contributed by atoms with van der Waals surface area (Å²) >= 11 is 0. The predicted octanol–water partition coefficient (Wildman–Crippen LogP) is 8.52. The SMILES string of the molecule is C(=C(\N=P(c1ccccc1)(c1ccccc1)c1ccccc1)c1ccc2ccccc2c1)/c1ccccc1. The van der Waals surface area contributed by atoms with Crippen molar-refractivity contribution in [2.24, 2.45) is 4.74 Å². The van der Waals surface area contributed by atoms with Gasteiger partial charge < -0.3 is 0 Å².